The van der Waals surface area contributed by atoms with Crippen LogP contribution in [0.25, 0.3) is 0 Å². The van der Waals surface area contributed by atoms with Gasteiger partial charge < -0.3 is 0 Å². The van der Waals surface area contributed by atoms with Gasteiger partial charge in [0.1, 0.15) is 0 Å². The molecule has 0 nitrogen and oxygen atoms in total. The first-order valence-electron chi connectivity index (χ1n) is 0. The van der Waals surface area contributed by atoms with E-state index in [1.165, 1.54) is 0 Å². The van der Waals surface area contributed by atoms with Crippen LogP contribution < -0.4 is 0 Å². The summed E-state index contributed by atoms with van der Waals surface area (Å²) in [6.07, 6.45) is 0. The van der Waals surface area contributed by atoms with Gasteiger partial charge in [-0.25, -0.2) is 0 Å². The number of rotatable bonds is 0. The Balaban J connectivity index is 0. The van der Waals surface area contributed by atoms with E-state index >= 15 is 0 Å². The Bertz CT molecular complexity index is 8.00. The van der Waals surface area contributed by atoms with Crippen LogP contribution in [0.15, 0.2) is 0 Å². The summed E-state index contributed by atoms with van der Waals surface area (Å²) < 4.78 is 0. The van der Waals surface area contributed by atoms with Crippen LogP contribution in [0, 0.1) is 0 Å². The minimum atomic E-state index is 0. The van der Waals surface area contributed by atoms with Crippen LogP contribution in [0.3, 0.4) is 0 Å². The molecular formula is H9AlCaMgSn. The fourth-order valence-corrected chi connectivity index (χ4v) is 0. The van der Waals surface area contributed by atoms with Crippen LogP contribution in [0.1, 0.15) is 0 Å². The third-order valence-electron chi connectivity index (χ3n) is 0. The number of hydrogen-bond donors (Lipinski definition) is 0. The SMILES string of the molecule is [AlH3].[CaH2].[MgH2].[SnH2]. The molecule has 0 aromatic heterocycles. The molecule has 0 heterocycles. The van der Waals surface area contributed by atoms with E-state index in [0.29, 0.717) is 0 Å². The molecule has 0 atom stereocenters. The van der Waals surface area contributed by atoms with Crippen LogP contribution in [0.5, 0.6) is 0 Å². The van der Waals surface area contributed by atoms with E-state index in [1.807, 2.05) is 0 Å². The molecule has 0 fully saturated rings. The summed E-state index contributed by atoms with van der Waals surface area (Å²) in [5.41, 5.74) is 0. The van der Waals surface area contributed by atoms with Crippen molar-refractivity contribution in [1.29, 1.82) is 0 Å². The standard InChI is InChI=1S/Al.Ca.Mg.Sn.9H. The van der Waals surface area contributed by atoms with Gasteiger partial charge in [-0.1, -0.05) is 0 Å². The molecule has 0 aromatic rings. The van der Waals surface area contributed by atoms with Crippen LogP contribution >= 0.6 is 0 Å². The van der Waals surface area contributed by atoms with Gasteiger partial charge in [0.15, 0.2) is 17.4 Å². The zero-order valence-electron chi connectivity index (χ0n) is 0.707. The minimum absolute atomic E-state index is 0. The van der Waals surface area contributed by atoms with Gasteiger partial charge in [0, 0.05) is 0 Å². The summed E-state index contributed by atoms with van der Waals surface area (Å²) in [5, 5.41) is 0. The Morgan fingerprint density at radius 2 is 1.00 bits per heavy atom. The fourth-order valence-electron chi connectivity index (χ4n) is 0. The maximum atomic E-state index is 0. The van der Waals surface area contributed by atoms with Gasteiger partial charge >= 0.3 is 84.7 Å². The summed E-state index contributed by atoms with van der Waals surface area (Å²) >= 11 is 0. The summed E-state index contributed by atoms with van der Waals surface area (Å²) in [5.74, 6) is 0. The summed E-state index contributed by atoms with van der Waals surface area (Å²) in [4.78, 5) is 0. The molecule has 4 heteroatoms. The van der Waals surface area contributed by atoms with Crippen molar-refractivity contribution in [2.24, 2.45) is 0 Å². The van der Waals surface area contributed by atoms with Gasteiger partial charge in [0.2, 0.25) is 0 Å². The van der Waals surface area contributed by atoms with E-state index < -0.39 is 0 Å². The van der Waals surface area contributed by atoms with E-state index in [4.69, 9.17) is 0 Å². The third kappa shape index (κ3) is 9.02. The molecule has 0 amide bonds. The molecule has 0 saturated carbocycles. The Hall–Kier alpha value is 3.36. The quantitative estimate of drug-likeness (QED) is 0.365. The van der Waals surface area contributed by atoms with Gasteiger partial charge in [-0.2, -0.15) is 0 Å². The molecule has 0 spiro atoms. The molecule has 0 bridgehead atoms. The van der Waals surface area contributed by atoms with Gasteiger partial charge in [-0.3, -0.25) is 0 Å². The normalized spacial score (nSPS) is 0. The third-order valence-corrected chi connectivity index (χ3v) is 0. The molecule has 0 unspecified atom stereocenters. The summed E-state index contributed by atoms with van der Waals surface area (Å²) in [6.45, 7) is 0. The monoisotopic (exact) mass is 220 g/mol. The van der Waals surface area contributed by atoms with Crippen LogP contribution in [0.4, 0.5) is 0 Å². The van der Waals surface area contributed by atoms with Crippen molar-refractivity contribution < 1.29 is 0 Å². The zero-order chi connectivity index (χ0) is 0. The predicted molar refractivity (Wildman–Crippen MR) is 35.6 cm³/mol. The van der Waals surface area contributed by atoms with E-state index in [-0.39, 0.29) is 102 Å². The predicted octanol–water partition coefficient (Wildman–Crippen LogP) is -3.93. The number of hydrogen-bond acceptors (Lipinski definition) is 0. The molecule has 0 aliphatic rings. The van der Waals surface area contributed by atoms with Gasteiger partial charge in [0.25, 0.3) is 0 Å². The molecule has 0 aromatic carbocycles. The van der Waals surface area contributed by atoms with Crippen LogP contribution in [-0.4, -0.2) is 102 Å². The van der Waals surface area contributed by atoms with Crippen molar-refractivity contribution in [3.8, 4) is 0 Å². The Labute approximate surface area is 99.7 Å². The second-order valence-electron chi connectivity index (χ2n) is 0. The van der Waals surface area contributed by atoms with Crippen LogP contribution in [0.2, 0.25) is 0 Å². The Morgan fingerprint density at radius 1 is 1.00 bits per heavy atom. The first kappa shape index (κ1) is 26.4. The van der Waals surface area contributed by atoms with E-state index in [2.05, 4.69) is 0 Å². The molecule has 4 heavy (non-hydrogen) atoms. The first-order chi connectivity index (χ1) is 0. The average molecular weight is 219 g/mol. The molecule has 2 radical (unpaired) electrons. The van der Waals surface area contributed by atoms with Gasteiger partial charge in [0.05, 0.1) is 0 Å². The van der Waals surface area contributed by atoms with E-state index in [1.54, 1.807) is 0 Å². The zero-order valence-corrected chi connectivity index (χ0v) is 4.74. The second-order valence-corrected chi connectivity index (χ2v) is 0. The molecule has 0 aliphatic carbocycles. The summed E-state index contributed by atoms with van der Waals surface area (Å²) in [7, 11) is 0. The average Bonchev–Trinajstić information content (AvgIpc) is 0. The fraction of sp³-hybridized carbons (Fsp3) is 0. The Kier molecular flexibility index (Phi) is 107. The van der Waals surface area contributed by atoms with Gasteiger partial charge in [-0.05, 0) is 0 Å². The second kappa shape index (κ2) is 16.2. The molecule has 0 rings (SSSR count). The topological polar surface area (TPSA) is 0 Å². The first-order valence-corrected chi connectivity index (χ1v) is 0. The molecule has 20 valence electrons. The van der Waals surface area contributed by atoms with Crippen molar-refractivity contribution in [1.82, 2.24) is 0 Å². The van der Waals surface area contributed by atoms with Gasteiger partial charge in [-0.15, -0.1) is 0 Å². The Morgan fingerprint density at radius 3 is 1.00 bits per heavy atom. The van der Waals surface area contributed by atoms with E-state index in [9.17, 15) is 0 Å². The molecule has 0 saturated heterocycles. The summed E-state index contributed by atoms with van der Waals surface area (Å²) in [6, 6.07) is 0. The molecular weight excluding hydrogens is 210 g/mol. The van der Waals surface area contributed by atoms with Crippen molar-refractivity contribution in [3.05, 3.63) is 0 Å². The van der Waals surface area contributed by atoms with Crippen molar-refractivity contribution in [3.63, 3.8) is 0 Å². The van der Waals surface area contributed by atoms with E-state index in [0.717, 1.165) is 0 Å². The van der Waals surface area contributed by atoms with Crippen molar-refractivity contribution in [2.45, 2.75) is 0 Å². The van der Waals surface area contributed by atoms with Crippen molar-refractivity contribution >= 4 is 102 Å². The van der Waals surface area contributed by atoms with Crippen LogP contribution in [-0.2, 0) is 0 Å². The molecule has 0 N–H and O–H groups in total. The maximum absolute atomic E-state index is 0. The molecule has 0 aliphatic heterocycles. The van der Waals surface area contributed by atoms with Crippen molar-refractivity contribution in [2.75, 3.05) is 0 Å².